The normalized spacial score (nSPS) is 10.9. The number of nitrogens with two attached hydrogens (primary N) is 1. The lowest BCUT2D eigenvalue weighted by Gasteiger charge is -2.03. The third-order valence-corrected chi connectivity index (χ3v) is 2.97. The number of carboxylic acids is 2. The van der Waals surface area contributed by atoms with E-state index in [1.807, 2.05) is 6.26 Å². The molecule has 8 heteroatoms. The number of carboxylic acid groups (broad SMARTS) is 2. The highest BCUT2D eigenvalue weighted by Crippen LogP contribution is 2.17. The molecule has 0 aliphatic rings. The van der Waals surface area contributed by atoms with E-state index in [1.165, 1.54) is 19.1 Å². The van der Waals surface area contributed by atoms with Gasteiger partial charge in [-0.2, -0.15) is 11.8 Å². The van der Waals surface area contributed by atoms with Crippen LogP contribution in [0.2, 0.25) is 0 Å². The molecule has 0 spiro atoms. The van der Waals surface area contributed by atoms with Gasteiger partial charge in [-0.3, -0.25) is 9.59 Å². The Morgan fingerprint density at radius 2 is 1.86 bits per heavy atom. The highest BCUT2D eigenvalue weighted by atomic mass is 32.2. The zero-order chi connectivity index (χ0) is 17.1. The Balaban J connectivity index is 0.000000433. The summed E-state index contributed by atoms with van der Waals surface area (Å²) in [4.78, 5) is 31.3. The van der Waals surface area contributed by atoms with Crippen LogP contribution in [0, 0.1) is 0 Å². The van der Waals surface area contributed by atoms with Crippen molar-refractivity contribution in [2.75, 3.05) is 12.0 Å². The van der Waals surface area contributed by atoms with Crippen LogP contribution in [-0.2, 0) is 9.59 Å². The van der Waals surface area contributed by atoms with E-state index in [0.29, 0.717) is 6.42 Å². The third-order valence-electron chi connectivity index (χ3n) is 2.32. The van der Waals surface area contributed by atoms with Crippen molar-refractivity contribution < 1.29 is 29.3 Å². The predicted molar refractivity (Wildman–Crippen MR) is 83.3 cm³/mol. The van der Waals surface area contributed by atoms with Gasteiger partial charge in [-0.15, -0.1) is 0 Å². The van der Waals surface area contributed by atoms with Crippen LogP contribution in [0.3, 0.4) is 0 Å². The van der Waals surface area contributed by atoms with Gasteiger partial charge in [-0.1, -0.05) is 12.1 Å². The standard InChI is InChI=1S/C9H8O4.C5H11NO2S/c1-6(10)13-8-5-3-2-4-7(8)9(11)12;1-9-3-2-4(6)5(7)8/h2-5H,1H3,(H,11,12);4H,2-3,6H2,1H3,(H,7,8)/t;4-/m.0/s1. The number of carbonyl (C=O) groups excluding carboxylic acids is 1. The summed E-state index contributed by atoms with van der Waals surface area (Å²) >= 11 is 1.60. The van der Waals surface area contributed by atoms with Gasteiger partial charge in [-0.25, -0.2) is 4.79 Å². The molecule has 0 saturated heterocycles. The third kappa shape index (κ3) is 8.28. The van der Waals surface area contributed by atoms with Gasteiger partial charge in [0.05, 0.1) is 0 Å². The number of aliphatic carboxylic acids is 1. The first-order valence-corrected chi connectivity index (χ1v) is 7.67. The number of rotatable bonds is 6. The molecule has 1 aromatic rings. The second-order valence-electron chi connectivity index (χ2n) is 4.12. The van der Waals surface area contributed by atoms with Gasteiger partial charge in [0.25, 0.3) is 0 Å². The number of hydrogen-bond donors (Lipinski definition) is 3. The lowest BCUT2D eigenvalue weighted by molar-refractivity contribution is -0.138. The Labute approximate surface area is 132 Å². The summed E-state index contributed by atoms with van der Waals surface area (Å²) in [6.07, 6.45) is 2.48. The van der Waals surface area contributed by atoms with Gasteiger partial charge in [0.2, 0.25) is 0 Å². The molecule has 0 aliphatic carbocycles. The van der Waals surface area contributed by atoms with Crippen molar-refractivity contribution in [3.05, 3.63) is 29.8 Å². The molecule has 0 fully saturated rings. The van der Waals surface area contributed by atoms with E-state index in [4.69, 9.17) is 15.9 Å². The molecule has 0 amide bonds. The second kappa shape index (κ2) is 10.6. The topological polar surface area (TPSA) is 127 Å². The molecule has 1 rings (SSSR count). The van der Waals surface area contributed by atoms with Gasteiger partial charge in [-0.05, 0) is 30.6 Å². The number of carbonyl (C=O) groups is 3. The zero-order valence-corrected chi connectivity index (χ0v) is 13.1. The fourth-order valence-electron chi connectivity index (χ4n) is 1.26. The largest absolute Gasteiger partial charge is 0.480 e. The lowest BCUT2D eigenvalue weighted by Crippen LogP contribution is -2.30. The van der Waals surface area contributed by atoms with Crippen LogP contribution in [0.25, 0.3) is 0 Å². The van der Waals surface area contributed by atoms with E-state index in [9.17, 15) is 14.4 Å². The Kier molecular flexibility index (Phi) is 9.64. The van der Waals surface area contributed by atoms with Gasteiger partial charge in [0.15, 0.2) is 0 Å². The highest BCUT2D eigenvalue weighted by Gasteiger charge is 2.11. The van der Waals surface area contributed by atoms with Crippen LogP contribution < -0.4 is 10.5 Å². The minimum absolute atomic E-state index is 0.0160. The maximum atomic E-state index is 10.6. The van der Waals surface area contributed by atoms with E-state index in [1.54, 1.807) is 23.9 Å². The molecule has 122 valence electrons. The molecule has 0 saturated carbocycles. The first-order valence-electron chi connectivity index (χ1n) is 6.27. The number of para-hydroxylation sites is 1. The van der Waals surface area contributed by atoms with Gasteiger partial charge >= 0.3 is 17.9 Å². The molecule has 0 unspecified atom stereocenters. The maximum absolute atomic E-state index is 10.6. The van der Waals surface area contributed by atoms with Crippen molar-refractivity contribution in [3.8, 4) is 5.75 Å². The fraction of sp³-hybridized carbons (Fsp3) is 0.357. The summed E-state index contributed by atoms with van der Waals surface area (Å²) in [5, 5.41) is 17.0. The van der Waals surface area contributed by atoms with E-state index in [2.05, 4.69) is 4.74 Å². The molecular weight excluding hydrogens is 310 g/mol. The summed E-state index contributed by atoms with van der Waals surface area (Å²) in [6, 6.07) is 5.30. The van der Waals surface area contributed by atoms with E-state index < -0.39 is 23.9 Å². The molecule has 0 aliphatic heterocycles. The van der Waals surface area contributed by atoms with Crippen LogP contribution in [0.5, 0.6) is 5.75 Å². The van der Waals surface area contributed by atoms with Gasteiger partial charge < -0.3 is 20.7 Å². The summed E-state index contributed by atoms with van der Waals surface area (Å²) in [7, 11) is 0. The van der Waals surface area contributed by atoms with Crippen LogP contribution >= 0.6 is 11.8 Å². The molecule has 0 radical (unpaired) electrons. The van der Waals surface area contributed by atoms with Gasteiger partial charge in [0, 0.05) is 6.92 Å². The molecule has 0 heterocycles. The molecule has 0 aromatic heterocycles. The van der Waals surface area contributed by atoms with Crippen LogP contribution in [0.15, 0.2) is 24.3 Å². The molecular formula is C14H19NO6S. The van der Waals surface area contributed by atoms with Crippen molar-refractivity contribution in [1.82, 2.24) is 0 Å². The van der Waals surface area contributed by atoms with Crippen molar-refractivity contribution in [2.45, 2.75) is 19.4 Å². The minimum atomic E-state index is -1.11. The number of thioether (sulfide) groups is 1. The first kappa shape index (κ1) is 19.9. The van der Waals surface area contributed by atoms with E-state index >= 15 is 0 Å². The molecule has 0 bridgehead atoms. The molecule has 1 atom stereocenters. The fourth-order valence-corrected chi connectivity index (χ4v) is 1.75. The maximum Gasteiger partial charge on any atom is 0.339 e. The first-order chi connectivity index (χ1) is 10.3. The number of hydrogen-bond acceptors (Lipinski definition) is 6. The summed E-state index contributed by atoms with van der Waals surface area (Å²) in [5.41, 5.74) is 5.17. The SMILES string of the molecule is CC(=O)Oc1ccccc1C(=O)O.CSCC[C@H](N)C(=O)O. The minimum Gasteiger partial charge on any atom is -0.480 e. The molecule has 7 nitrogen and oxygen atoms in total. The lowest BCUT2D eigenvalue weighted by atomic mass is 10.2. The second-order valence-corrected chi connectivity index (χ2v) is 5.11. The van der Waals surface area contributed by atoms with Crippen LogP contribution in [0.1, 0.15) is 23.7 Å². The Hall–Kier alpha value is -2.06. The van der Waals surface area contributed by atoms with E-state index in [-0.39, 0.29) is 11.3 Å². The monoisotopic (exact) mass is 329 g/mol. The van der Waals surface area contributed by atoms with Crippen LogP contribution in [-0.4, -0.2) is 46.2 Å². The van der Waals surface area contributed by atoms with Crippen molar-refractivity contribution >= 4 is 29.7 Å². The summed E-state index contributed by atoms with van der Waals surface area (Å²) < 4.78 is 4.69. The summed E-state index contributed by atoms with van der Waals surface area (Å²) in [6.45, 7) is 1.22. The van der Waals surface area contributed by atoms with Crippen molar-refractivity contribution in [3.63, 3.8) is 0 Å². The predicted octanol–water partition coefficient (Wildman–Crippen LogP) is 1.46. The zero-order valence-electron chi connectivity index (χ0n) is 12.3. The Morgan fingerprint density at radius 3 is 2.32 bits per heavy atom. The molecule has 4 N–H and O–H groups in total. The Morgan fingerprint density at radius 1 is 1.27 bits per heavy atom. The average molecular weight is 329 g/mol. The average Bonchev–Trinajstić information content (AvgIpc) is 2.45. The van der Waals surface area contributed by atoms with Crippen LogP contribution in [0.4, 0.5) is 0 Å². The Bertz CT molecular complexity index is 520. The smallest absolute Gasteiger partial charge is 0.339 e. The van der Waals surface area contributed by atoms with Crippen molar-refractivity contribution in [2.24, 2.45) is 5.73 Å². The molecule has 1 aromatic carbocycles. The number of benzene rings is 1. The molecule has 22 heavy (non-hydrogen) atoms. The number of ether oxygens (including phenoxy) is 1. The van der Waals surface area contributed by atoms with Gasteiger partial charge in [0.1, 0.15) is 17.4 Å². The quantitative estimate of drug-likeness (QED) is 0.529. The van der Waals surface area contributed by atoms with Crippen molar-refractivity contribution in [1.29, 1.82) is 0 Å². The highest BCUT2D eigenvalue weighted by molar-refractivity contribution is 7.98. The number of aromatic carboxylic acids is 1. The summed E-state index contributed by atoms with van der Waals surface area (Å²) in [5.74, 6) is -1.68. The number of esters is 1. The van der Waals surface area contributed by atoms with E-state index in [0.717, 1.165) is 5.75 Å².